The molecule has 0 radical (unpaired) electrons. The van der Waals surface area contributed by atoms with E-state index < -0.39 is 12.2 Å². The van der Waals surface area contributed by atoms with E-state index in [2.05, 4.69) is 4.98 Å². The Morgan fingerprint density at radius 3 is 2.66 bits per heavy atom. The molecule has 29 heavy (non-hydrogen) atoms. The second-order valence-electron chi connectivity index (χ2n) is 8.46. The van der Waals surface area contributed by atoms with Crippen molar-refractivity contribution < 1.29 is 22.6 Å². The van der Waals surface area contributed by atoms with Gasteiger partial charge in [0.1, 0.15) is 11.9 Å². The van der Waals surface area contributed by atoms with Gasteiger partial charge in [-0.25, -0.2) is 0 Å². The summed E-state index contributed by atoms with van der Waals surface area (Å²) in [6.07, 6.45) is -2.08. The minimum absolute atomic E-state index is 0.0328. The number of morpholine rings is 1. The largest absolute Gasteiger partial charge is 0.408 e. The third kappa shape index (κ3) is 3.50. The van der Waals surface area contributed by atoms with Gasteiger partial charge in [0.25, 0.3) is 5.56 Å². The first-order valence-corrected chi connectivity index (χ1v) is 10.3. The molecule has 5 heterocycles. The van der Waals surface area contributed by atoms with E-state index in [1.807, 2.05) is 4.90 Å². The van der Waals surface area contributed by atoms with Crippen LogP contribution in [0, 0.1) is 5.92 Å². The van der Waals surface area contributed by atoms with Crippen LogP contribution in [0.15, 0.2) is 10.9 Å². The Balaban J connectivity index is 1.51. The van der Waals surface area contributed by atoms with Crippen LogP contribution >= 0.6 is 0 Å². The lowest BCUT2D eigenvalue weighted by molar-refractivity contribution is -0.153. The molecular formula is C19H25F3N4O3. The minimum Gasteiger partial charge on any atom is -0.381 e. The molecule has 0 N–H and O–H groups in total. The van der Waals surface area contributed by atoms with Crippen molar-refractivity contribution in [1.82, 2.24) is 9.55 Å². The molecule has 0 spiro atoms. The van der Waals surface area contributed by atoms with Gasteiger partial charge < -0.3 is 19.3 Å². The summed E-state index contributed by atoms with van der Waals surface area (Å²) in [7, 11) is 0. The fourth-order valence-corrected chi connectivity index (χ4v) is 5.04. The van der Waals surface area contributed by atoms with Crippen LogP contribution in [0.25, 0.3) is 0 Å². The fraction of sp³-hybridized carbons (Fsp3) is 0.789. The van der Waals surface area contributed by atoms with E-state index in [4.69, 9.17) is 9.47 Å². The summed E-state index contributed by atoms with van der Waals surface area (Å²) >= 11 is 0. The van der Waals surface area contributed by atoms with Gasteiger partial charge in [-0.2, -0.15) is 18.2 Å². The van der Waals surface area contributed by atoms with Gasteiger partial charge in [-0.1, -0.05) is 0 Å². The maximum Gasteiger partial charge on any atom is 0.408 e. The SMILES string of the molecule is O=c1cc(N2C[C@@H]3C[C@H]2CO3)nc2n1CCC(C(F)(F)F)N2CC1CCOCC1. The van der Waals surface area contributed by atoms with Crippen LogP contribution in [0.2, 0.25) is 0 Å². The summed E-state index contributed by atoms with van der Waals surface area (Å²) in [5.41, 5.74) is -0.286. The highest BCUT2D eigenvalue weighted by Gasteiger charge is 2.48. The molecule has 3 fully saturated rings. The Morgan fingerprint density at radius 2 is 2.00 bits per heavy atom. The average molecular weight is 414 g/mol. The van der Waals surface area contributed by atoms with Crippen molar-refractivity contribution >= 4 is 11.8 Å². The molecule has 0 aliphatic carbocycles. The zero-order valence-electron chi connectivity index (χ0n) is 16.1. The lowest BCUT2D eigenvalue weighted by Crippen LogP contribution is -2.54. The number of nitrogens with zero attached hydrogens (tertiary/aromatic N) is 4. The summed E-state index contributed by atoms with van der Waals surface area (Å²) in [6.45, 7) is 2.59. The molecule has 10 heteroatoms. The van der Waals surface area contributed by atoms with Gasteiger partial charge in [0, 0.05) is 38.9 Å². The molecule has 0 aromatic carbocycles. The highest BCUT2D eigenvalue weighted by molar-refractivity contribution is 5.49. The average Bonchev–Trinajstić information content (AvgIpc) is 3.32. The van der Waals surface area contributed by atoms with Crippen molar-refractivity contribution in [2.24, 2.45) is 5.92 Å². The fourth-order valence-electron chi connectivity index (χ4n) is 5.04. The number of anilines is 2. The zero-order valence-corrected chi connectivity index (χ0v) is 16.1. The highest BCUT2D eigenvalue weighted by atomic mass is 19.4. The second-order valence-corrected chi connectivity index (χ2v) is 8.46. The van der Waals surface area contributed by atoms with Crippen molar-refractivity contribution in [2.45, 2.75) is 56.6 Å². The van der Waals surface area contributed by atoms with E-state index in [9.17, 15) is 18.0 Å². The van der Waals surface area contributed by atoms with E-state index in [1.54, 1.807) is 0 Å². The van der Waals surface area contributed by atoms with Gasteiger partial charge in [0.2, 0.25) is 5.95 Å². The number of rotatable bonds is 3. The topological polar surface area (TPSA) is 59.8 Å². The van der Waals surface area contributed by atoms with Crippen LogP contribution in [-0.2, 0) is 16.0 Å². The Bertz CT molecular complexity index is 824. The number of ether oxygens (including phenoxy) is 2. The second kappa shape index (κ2) is 7.16. The molecule has 1 unspecified atom stereocenters. The van der Waals surface area contributed by atoms with Crippen molar-refractivity contribution in [2.75, 3.05) is 42.7 Å². The smallest absolute Gasteiger partial charge is 0.381 e. The monoisotopic (exact) mass is 414 g/mol. The number of fused-ring (bicyclic) bond motifs is 3. The molecule has 1 aromatic rings. The lowest BCUT2D eigenvalue weighted by atomic mass is 9.98. The first kappa shape index (κ1) is 19.2. The normalized spacial score (nSPS) is 30.1. The van der Waals surface area contributed by atoms with Crippen LogP contribution in [0.1, 0.15) is 25.7 Å². The molecule has 0 saturated carbocycles. The Kier molecular flexibility index (Phi) is 4.73. The van der Waals surface area contributed by atoms with Gasteiger partial charge in [0.05, 0.1) is 18.8 Å². The maximum atomic E-state index is 13.9. The van der Waals surface area contributed by atoms with Gasteiger partial charge in [-0.05, 0) is 31.6 Å². The Hall–Kier alpha value is -1.81. The predicted octanol–water partition coefficient (Wildman–Crippen LogP) is 1.79. The summed E-state index contributed by atoms with van der Waals surface area (Å²) in [5.74, 6) is 0.713. The standard InChI is InChI=1S/C19H25F3N4O3/c20-19(21,22)15-1-4-24-17(27)8-16(25-10-14-7-13(25)11-29-14)23-18(24)26(15)9-12-2-5-28-6-3-12/h8,12-15H,1-7,9-11H2/t13-,14-,15?/m0/s1. The van der Waals surface area contributed by atoms with Crippen LogP contribution in [0.5, 0.6) is 0 Å². The molecule has 3 saturated heterocycles. The van der Waals surface area contributed by atoms with Crippen LogP contribution < -0.4 is 15.4 Å². The van der Waals surface area contributed by atoms with Crippen LogP contribution in [0.3, 0.4) is 0 Å². The van der Waals surface area contributed by atoms with E-state index in [1.165, 1.54) is 15.5 Å². The van der Waals surface area contributed by atoms with Gasteiger partial charge in [-0.3, -0.25) is 9.36 Å². The van der Waals surface area contributed by atoms with E-state index >= 15 is 0 Å². The molecule has 5 rings (SSSR count). The summed E-state index contributed by atoms with van der Waals surface area (Å²) < 4.78 is 53.9. The van der Waals surface area contributed by atoms with Crippen molar-refractivity contribution in [3.8, 4) is 0 Å². The molecule has 2 bridgehead atoms. The van der Waals surface area contributed by atoms with Crippen molar-refractivity contribution in [1.29, 1.82) is 0 Å². The van der Waals surface area contributed by atoms with E-state index in [0.717, 1.165) is 19.3 Å². The minimum atomic E-state index is -4.37. The molecule has 3 atom stereocenters. The number of alkyl halides is 3. The number of halogens is 3. The summed E-state index contributed by atoms with van der Waals surface area (Å²) in [5, 5.41) is 0. The molecule has 4 aliphatic heterocycles. The number of hydrogen-bond donors (Lipinski definition) is 0. The maximum absolute atomic E-state index is 13.9. The molecule has 7 nitrogen and oxygen atoms in total. The van der Waals surface area contributed by atoms with Crippen molar-refractivity contribution in [3.05, 3.63) is 16.4 Å². The number of aromatic nitrogens is 2. The first-order chi connectivity index (χ1) is 13.9. The van der Waals surface area contributed by atoms with Gasteiger partial charge >= 0.3 is 6.18 Å². The predicted molar refractivity (Wildman–Crippen MR) is 99.3 cm³/mol. The Morgan fingerprint density at radius 1 is 1.21 bits per heavy atom. The van der Waals surface area contributed by atoms with E-state index in [0.29, 0.717) is 32.2 Å². The molecular weight excluding hydrogens is 389 g/mol. The molecule has 4 aliphatic rings. The third-order valence-electron chi connectivity index (χ3n) is 6.60. The third-order valence-corrected chi connectivity index (χ3v) is 6.60. The summed E-state index contributed by atoms with van der Waals surface area (Å²) in [6, 6.07) is -0.0168. The molecule has 1 aromatic heterocycles. The highest BCUT2D eigenvalue weighted by Crippen LogP contribution is 2.37. The lowest BCUT2D eigenvalue weighted by Gasteiger charge is -2.41. The van der Waals surface area contributed by atoms with Gasteiger partial charge in [-0.15, -0.1) is 0 Å². The number of hydrogen-bond acceptors (Lipinski definition) is 6. The molecule has 0 amide bonds. The molecule has 160 valence electrons. The first-order valence-electron chi connectivity index (χ1n) is 10.3. The van der Waals surface area contributed by atoms with Gasteiger partial charge in [0.15, 0.2) is 0 Å². The quantitative estimate of drug-likeness (QED) is 0.752. The van der Waals surface area contributed by atoms with Crippen LogP contribution in [-0.4, -0.2) is 66.8 Å². The summed E-state index contributed by atoms with van der Waals surface area (Å²) in [4.78, 5) is 20.7. The van der Waals surface area contributed by atoms with Crippen LogP contribution in [0.4, 0.5) is 24.9 Å². The Labute approximate surface area is 166 Å². The van der Waals surface area contributed by atoms with Crippen molar-refractivity contribution in [3.63, 3.8) is 0 Å². The van der Waals surface area contributed by atoms with E-state index in [-0.39, 0.29) is 49.1 Å². The zero-order chi connectivity index (χ0) is 20.2.